The molecule has 0 spiro atoms. The molecule has 24 heavy (non-hydrogen) atoms. The van der Waals surface area contributed by atoms with Gasteiger partial charge >= 0.3 is 5.97 Å². The van der Waals surface area contributed by atoms with Gasteiger partial charge in [0.1, 0.15) is 5.76 Å². The van der Waals surface area contributed by atoms with E-state index >= 15 is 0 Å². The minimum Gasteiger partial charge on any atom is -0.452 e. The van der Waals surface area contributed by atoms with Gasteiger partial charge in [0.25, 0.3) is 5.91 Å². The summed E-state index contributed by atoms with van der Waals surface area (Å²) in [6.07, 6.45) is 2.72. The van der Waals surface area contributed by atoms with Gasteiger partial charge < -0.3 is 14.5 Å². The van der Waals surface area contributed by atoms with Crippen molar-refractivity contribution < 1.29 is 18.7 Å². The Hall–Kier alpha value is -2.09. The fourth-order valence-electron chi connectivity index (χ4n) is 2.31. The van der Waals surface area contributed by atoms with Gasteiger partial charge in [0.2, 0.25) is 0 Å². The number of furan rings is 1. The van der Waals surface area contributed by atoms with Gasteiger partial charge in [-0.3, -0.25) is 4.79 Å². The van der Waals surface area contributed by atoms with Crippen molar-refractivity contribution in [3.8, 4) is 0 Å². The molecule has 1 N–H and O–H groups in total. The summed E-state index contributed by atoms with van der Waals surface area (Å²) >= 11 is 2.03. The minimum absolute atomic E-state index is 0.342. The number of amides is 1. The zero-order valence-electron chi connectivity index (χ0n) is 13.7. The second-order valence-electron chi connectivity index (χ2n) is 5.40. The number of rotatable bonds is 5. The highest BCUT2D eigenvalue weighted by Gasteiger charge is 2.10. The van der Waals surface area contributed by atoms with Gasteiger partial charge in [-0.1, -0.05) is 17.7 Å². The van der Waals surface area contributed by atoms with E-state index in [1.165, 1.54) is 12.2 Å². The summed E-state index contributed by atoms with van der Waals surface area (Å²) in [5, 5.41) is 2.78. The Balaban J connectivity index is 1.87. The molecule has 0 atom stereocenters. The SMILES string of the molecule is Cc1cc(C)c(NC(=O)COC(=O)C=Cc2ccc(I)o2)c(C)c1. The molecule has 2 aromatic rings. The molecule has 0 fully saturated rings. The number of carbonyl (C=O) groups excluding carboxylic acids is 2. The minimum atomic E-state index is -0.603. The van der Waals surface area contributed by atoms with Crippen molar-refractivity contribution in [3.05, 3.63) is 56.6 Å². The molecule has 0 bridgehead atoms. The number of halogens is 1. The normalized spacial score (nSPS) is 10.8. The molecule has 1 heterocycles. The van der Waals surface area contributed by atoms with Crippen LogP contribution >= 0.6 is 22.6 Å². The molecule has 5 nitrogen and oxygen atoms in total. The maximum atomic E-state index is 12.0. The number of benzene rings is 1. The molecular weight excluding hydrogens is 421 g/mol. The van der Waals surface area contributed by atoms with E-state index in [1.54, 1.807) is 12.1 Å². The summed E-state index contributed by atoms with van der Waals surface area (Å²) in [6, 6.07) is 7.50. The lowest BCUT2D eigenvalue weighted by atomic mass is 10.1. The topological polar surface area (TPSA) is 68.5 Å². The monoisotopic (exact) mass is 439 g/mol. The number of hydrogen-bond acceptors (Lipinski definition) is 4. The van der Waals surface area contributed by atoms with Crippen molar-refractivity contribution >= 4 is 46.2 Å². The summed E-state index contributed by atoms with van der Waals surface area (Å²) in [4.78, 5) is 23.6. The average molecular weight is 439 g/mol. The molecule has 2 rings (SSSR count). The number of carbonyl (C=O) groups is 2. The highest BCUT2D eigenvalue weighted by Crippen LogP contribution is 2.21. The van der Waals surface area contributed by atoms with Gasteiger partial charge in [0.15, 0.2) is 10.4 Å². The molecule has 0 unspecified atom stereocenters. The van der Waals surface area contributed by atoms with Gasteiger partial charge in [-0.05, 0) is 72.7 Å². The van der Waals surface area contributed by atoms with Crippen molar-refractivity contribution in [2.45, 2.75) is 20.8 Å². The lowest BCUT2D eigenvalue weighted by molar-refractivity contribution is -0.142. The highest BCUT2D eigenvalue weighted by molar-refractivity contribution is 14.1. The third-order valence-electron chi connectivity index (χ3n) is 3.26. The lowest BCUT2D eigenvalue weighted by Gasteiger charge is -2.12. The van der Waals surface area contributed by atoms with Crippen LogP contribution in [-0.2, 0) is 14.3 Å². The summed E-state index contributed by atoms with van der Waals surface area (Å²) in [7, 11) is 0. The Morgan fingerprint density at radius 2 is 1.88 bits per heavy atom. The smallest absolute Gasteiger partial charge is 0.331 e. The summed E-state index contributed by atoms with van der Waals surface area (Å²) in [6.45, 7) is 5.51. The molecule has 126 valence electrons. The predicted octanol–water partition coefficient (Wildman–Crippen LogP) is 4.00. The summed E-state index contributed by atoms with van der Waals surface area (Å²) < 4.78 is 10.9. The van der Waals surface area contributed by atoms with Crippen LogP contribution in [0, 0.1) is 24.5 Å². The largest absolute Gasteiger partial charge is 0.452 e. The molecule has 0 radical (unpaired) electrons. The van der Waals surface area contributed by atoms with E-state index in [9.17, 15) is 9.59 Å². The maximum absolute atomic E-state index is 12.0. The molecule has 1 aromatic heterocycles. The van der Waals surface area contributed by atoms with Crippen LogP contribution < -0.4 is 5.32 Å². The first-order valence-corrected chi connectivity index (χ1v) is 8.41. The lowest BCUT2D eigenvalue weighted by Crippen LogP contribution is -2.21. The molecule has 0 aliphatic carbocycles. The van der Waals surface area contributed by atoms with Crippen molar-refractivity contribution in [1.82, 2.24) is 0 Å². The average Bonchev–Trinajstić information content (AvgIpc) is 2.92. The van der Waals surface area contributed by atoms with E-state index < -0.39 is 5.97 Å². The zero-order valence-corrected chi connectivity index (χ0v) is 15.8. The standard InChI is InChI=1S/C18H18INO4/c1-11-8-12(2)18(13(3)9-11)20-16(21)10-23-17(22)7-5-14-4-6-15(19)24-14/h4-9H,10H2,1-3H3,(H,20,21). The van der Waals surface area contributed by atoms with Crippen LogP contribution in [0.4, 0.5) is 5.69 Å². The quantitative estimate of drug-likeness (QED) is 0.435. The number of esters is 1. The van der Waals surface area contributed by atoms with Gasteiger partial charge in [0.05, 0.1) is 0 Å². The Bertz CT molecular complexity index is 769. The molecular formula is C18H18INO4. The molecule has 0 aliphatic heterocycles. The number of nitrogens with one attached hydrogen (secondary N) is 1. The van der Waals surface area contributed by atoms with Crippen LogP contribution in [0.15, 0.2) is 34.8 Å². The Kier molecular flexibility index (Phi) is 6.19. The second-order valence-corrected chi connectivity index (χ2v) is 6.47. The molecule has 1 aromatic carbocycles. The molecule has 0 saturated carbocycles. The molecule has 0 saturated heterocycles. The first kappa shape index (κ1) is 18.3. The predicted molar refractivity (Wildman–Crippen MR) is 101 cm³/mol. The maximum Gasteiger partial charge on any atom is 0.331 e. The summed E-state index contributed by atoms with van der Waals surface area (Å²) in [5.41, 5.74) is 3.83. The van der Waals surface area contributed by atoms with E-state index in [0.29, 0.717) is 5.76 Å². The van der Waals surface area contributed by atoms with E-state index in [-0.39, 0.29) is 12.5 Å². The van der Waals surface area contributed by atoms with Gasteiger partial charge in [0, 0.05) is 11.8 Å². The van der Waals surface area contributed by atoms with Crippen LogP contribution in [0.1, 0.15) is 22.5 Å². The van der Waals surface area contributed by atoms with Crippen LogP contribution in [0.3, 0.4) is 0 Å². The molecule has 1 amide bonds. The molecule has 6 heteroatoms. The van der Waals surface area contributed by atoms with E-state index in [4.69, 9.17) is 9.15 Å². The zero-order chi connectivity index (χ0) is 17.7. The number of hydrogen-bond donors (Lipinski definition) is 1. The number of aryl methyl sites for hydroxylation is 3. The Morgan fingerprint density at radius 1 is 1.21 bits per heavy atom. The summed E-state index contributed by atoms with van der Waals surface area (Å²) in [5.74, 6) is -0.431. The Morgan fingerprint density at radius 3 is 2.46 bits per heavy atom. The van der Waals surface area contributed by atoms with Crippen molar-refractivity contribution in [1.29, 1.82) is 0 Å². The third-order valence-corrected chi connectivity index (χ3v) is 3.84. The van der Waals surface area contributed by atoms with Crippen molar-refractivity contribution in [3.63, 3.8) is 0 Å². The fraction of sp³-hybridized carbons (Fsp3) is 0.222. The first-order valence-electron chi connectivity index (χ1n) is 7.33. The van der Waals surface area contributed by atoms with E-state index in [0.717, 1.165) is 26.1 Å². The molecule has 0 aliphatic rings. The van der Waals surface area contributed by atoms with Gasteiger partial charge in [-0.25, -0.2) is 4.79 Å². The third kappa shape index (κ3) is 5.23. The van der Waals surface area contributed by atoms with Crippen LogP contribution in [0.2, 0.25) is 0 Å². The highest BCUT2D eigenvalue weighted by atomic mass is 127. The fourth-order valence-corrected chi connectivity index (χ4v) is 2.74. The van der Waals surface area contributed by atoms with Crippen LogP contribution in [-0.4, -0.2) is 18.5 Å². The van der Waals surface area contributed by atoms with Gasteiger partial charge in [-0.15, -0.1) is 0 Å². The van der Waals surface area contributed by atoms with Gasteiger partial charge in [-0.2, -0.15) is 0 Å². The first-order chi connectivity index (χ1) is 11.3. The number of ether oxygens (including phenoxy) is 1. The number of anilines is 1. The second kappa shape index (κ2) is 8.14. The van der Waals surface area contributed by atoms with Crippen molar-refractivity contribution in [2.75, 3.05) is 11.9 Å². The Labute approximate surface area is 154 Å². The van der Waals surface area contributed by atoms with Crippen molar-refractivity contribution in [2.24, 2.45) is 0 Å². The van der Waals surface area contributed by atoms with Crippen LogP contribution in [0.5, 0.6) is 0 Å². The van der Waals surface area contributed by atoms with Crippen LogP contribution in [0.25, 0.3) is 6.08 Å². The van der Waals surface area contributed by atoms with E-state index in [1.807, 2.05) is 55.5 Å². The van der Waals surface area contributed by atoms with E-state index in [2.05, 4.69) is 5.32 Å².